The second-order valence-corrected chi connectivity index (χ2v) is 7.27. The number of carbonyl (C=O) groups is 2. The first-order valence-electron chi connectivity index (χ1n) is 9.62. The number of carboxylic acid groups (broad SMARTS) is 1. The highest BCUT2D eigenvalue weighted by Gasteiger charge is 2.38. The van der Waals surface area contributed by atoms with Gasteiger partial charge in [0.25, 0.3) is 5.91 Å². The number of nitrogens with one attached hydrogen (secondary N) is 1. The van der Waals surface area contributed by atoms with Gasteiger partial charge >= 0.3 is 12.1 Å². The number of aromatic nitrogens is 4. The van der Waals surface area contributed by atoms with E-state index >= 15 is 0 Å². The average molecular weight is 503 g/mol. The summed E-state index contributed by atoms with van der Waals surface area (Å²) >= 11 is 6.30. The summed E-state index contributed by atoms with van der Waals surface area (Å²) in [6.45, 7) is 2.63. The zero-order chi connectivity index (χ0) is 25.6. The van der Waals surface area contributed by atoms with Crippen LogP contribution in [0, 0.1) is 6.92 Å². The van der Waals surface area contributed by atoms with Crippen LogP contribution in [0.1, 0.15) is 16.2 Å². The number of amides is 1. The number of benzene rings is 1. The lowest BCUT2D eigenvalue weighted by Crippen LogP contribution is -2.21. The van der Waals surface area contributed by atoms with E-state index in [9.17, 15) is 18.0 Å². The predicted molar refractivity (Wildman–Crippen MR) is 118 cm³/mol. The van der Waals surface area contributed by atoms with E-state index in [1.807, 2.05) is 6.92 Å². The molecular weight excluding hydrogens is 481 g/mol. The van der Waals surface area contributed by atoms with E-state index in [1.165, 1.54) is 0 Å². The number of alkyl halides is 3. The minimum atomic E-state index is -5.08. The number of rotatable bonds is 6. The molecule has 0 aliphatic heterocycles. The third kappa shape index (κ3) is 6.71. The molecule has 0 aliphatic carbocycles. The Balaban J connectivity index is 0.000000509. The van der Waals surface area contributed by atoms with Crippen molar-refractivity contribution in [2.75, 3.05) is 18.5 Å². The molecule has 0 unspecified atom stereocenters. The number of carboxylic acids is 1. The van der Waals surface area contributed by atoms with Gasteiger partial charge < -0.3 is 20.9 Å². The molecule has 0 saturated heterocycles. The number of nitrogens with two attached hydrogens (primary N) is 1. The van der Waals surface area contributed by atoms with Crippen molar-refractivity contribution in [2.24, 2.45) is 19.8 Å². The Morgan fingerprint density at radius 1 is 1.24 bits per heavy atom. The van der Waals surface area contributed by atoms with Crippen molar-refractivity contribution in [1.29, 1.82) is 0 Å². The maximum atomic E-state index is 12.5. The van der Waals surface area contributed by atoms with Crippen molar-refractivity contribution >= 4 is 29.2 Å². The van der Waals surface area contributed by atoms with Crippen LogP contribution >= 0.6 is 11.6 Å². The first-order valence-corrected chi connectivity index (χ1v) is 9.99. The third-order valence-electron chi connectivity index (χ3n) is 4.35. The van der Waals surface area contributed by atoms with Crippen LogP contribution in [0.4, 0.5) is 18.9 Å². The molecule has 0 aliphatic rings. The lowest BCUT2D eigenvalue weighted by molar-refractivity contribution is -0.192. The van der Waals surface area contributed by atoms with Gasteiger partial charge in [0.2, 0.25) is 0 Å². The highest BCUT2D eigenvalue weighted by molar-refractivity contribution is 6.33. The maximum Gasteiger partial charge on any atom is 0.490 e. The molecule has 3 rings (SSSR count). The average Bonchev–Trinajstić information content (AvgIpc) is 3.27. The molecule has 0 saturated carbocycles. The SMILES string of the molecule is Cc1cc(C(=O)Nc2ccc(OCCN)c(-c3c(Cl)cnn3C)c2)nn1C.O=C(O)C(F)(F)F. The largest absolute Gasteiger partial charge is 0.492 e. The Labute approximate surface area is 197 Å². The van der Waals surface area contributed by atoms with Gasteiger partial charge in [-0.2, -0.15) is 23.4 Å². The Kier molecular flexibility index (Phi) is 8.65. The number of hydrogen-bond donors (Lipinski definition) is 3. The summed E-state index contributed by atoms with van der Waals surface area (Å²) in [6.07, 6.45) is -3.52. The van der Waals surface area contributed by atoms with Crippen LogP contribution in [0.3, 0.4) is 0 Å². The van der Waals surface area contributed by atoms with E-state index in [0.717, 1.165) is 5.69 Å². The van der Waals surface area contributed by atoms with E-state index in [2.05, 4.69) is 15.5 Å². The second-order valence-electron chi connectivity index (χ2n) is 6.86. The van der Waals surface area contributed by atoms with E-state index in [-0.39, 0.29) is 5.91 Å². The standard InChI is InChI=1S/C18H21ClN6O2.C2HF3O2/c1-11-8-15(23-24(11)2)18(26)22-12-4-5-16(27-7-6-20)13(9-12)17-14(19)10-21-25(17)3;3-2(4,5)1(6)7/h4-5,8-10H,6-7,20H2,1-3H3,(H,22,26);(H,6,7). The molecule has 3 aromatic rings. The van der Waals surface area contributed by atoms with Gasteiger partial charge in [0.15, 0.2) is 5.69 Å². The van der Waals surface area contributed by atoms with Crippen LogP contribution in [0.5, 0.6) is 5.75 Å². The summed E-state index contributed by atoms with van der Waals surface area (Å²) in [5.74, 6) is -2.44. The van der Waals surface area contributed by atoms with Crippen molar-refractivity contribution in [3.8, 4) is 17.0 Å². The minimum Gasteiger partial charge on any atom is -0.492 e. The molecule has 0 radical (unpaired) electrons. The zero-order valence-corrected chi connectivity index (χ0v) is 19.1. The van der Waals surface area contributed by atoms with Gasteiger partial charge in [0.05, 0.1) is 16.9 Å². The quantitative estimate of drug-likeness (QED) is 0.471. The molecule has 14 heteroatoms. The Morgan fingerprint density at radius 3 is 2.35 bits per heavy atom. The fourth-order valence-electron chi connectivity index (χ4n) is 2.67. The number of carbonyl (C=O) groups excluding carboxylic acids is 1. The molecule has 2 heterocycles. The molecule has 0 atom stereocenters. The van der Waals surface area contributed by atoms with Gasteiger partial charge in [0, 0.05) is 37.6 Å². The van der Waals surface area contributed by atoms with Crippen LogP contribution in [-0.2, 0) is 18.9 Å². The maximum absolute atomic E-state index is 12.5. The van der Waals surface area contributed by atoms with Gasteiger partial charge in [0.1, 0.15) is 12.4 Å². The zero-order valence-electron chi connectivity index (χ0n) is 18.4. The molecule has 10 nitrogen and oxygen atoms in total. The number of nitrogens with zero attached hydrogens (tertiary/aromatic N) is 4. The summed E-state index contributed by atoms with van der Waals surface area (Å²) in [6, 6.07) is 7.05. The summed E-state index contributed by atoms with van der Waals surface area (Å²) < 4.78 is 40.8. The fourth-order valence-corrected chi connectivity index (χ4v) is 2.94. The Hall–Kier alpha value is -3.58. The highest BCUT2D eigenvalue weighted by Crippen LogP contribution is 2.36. The number of hydrogen-bond acceptors (Lipinski definition) is 6. The van der Waals surface area contributed by atoms with E-state index in [1.54, 1.807) is 53.9 Å². The molecular formula is C20H22ClF3N6O4. The number of ether oxygens (including phenoxy) is 1. The Morgan fingerprint density at radius 2 is 1.88 bits per heavy atom. The number of aryl methyl sites for hydroxylation is 3. The topological polar surface area (TPSA) is 137 Å². The van der Waals surface area contributed by atoms with Gasteiger partial charge in [-0.3, -0.25) is 14.2 Å². The summed E-state index contributed by atoms with van der Waals surface area (Å²) in [5, 5.41) is 18.8. The lowest BCUT2D eigenvalue weighted by atomic mass is 10.1. The predicted octanol–water partition coefficient (Wildman–Crippen LogP) is 3.01. The van der Waals surface area contributed by atoms with Crippen molar-refractivity contribution in [2.45, 2.75) is 13.1 Å². The van der Waals surface area contributed by atoms with Gasteiger partial charge in [-0.25, -0.2) is 4.79 Å². The molecule has 0 fully saturated rings. The van der Waals surface area contributed by atoms with Crippen molar-refractivity contribution in [3.05, 3.63) is 46.9 Å². The molecule has 184 valence electrons. The molecule has 1 aromatic carbocycles. The first kappa shape index (κ1) is 26.7. The summed E-state index contributed by atoms with van der Waals surface area (Å²) in [7, 11) is 3.58. The van der Waals surface area contributed by atoms with E-state index < -0.39 is 12.1 Å². The van der Waals surface area contributed by atoms with Crippen LogP contribution in [0.2, 0.25) is 5.02 Å². The monoisotopic (exact) mass is 502 g/mol. The molecule has 34 heavy (non-hydrogen) atoms. The summed E-state index contributed by atoms with van der Waals surface area (Å²) in [4.78, 5) is 21.4. The van der Waals surface area contributed by atoms with Crippen LogP contribution in [-0.4, -0.2) is 55.9 Å². The molecule has 1 amide bonds. The third-order valence-corrected chi connectivity index (χ3v) is 4.63. The van der Waals surface area contributed by atoms with Crippen molar-refractivity contribution in [3.63, 3.8) is 0 Å². The van der Waals surface area contributed by atoms with Crippen molar-refractivity contribution in [1.82, 2.24) is 19.6 Å². The van der Waals surface area contributed by atoms with Crippen LogP contribution < -0.4 is 15.8 Å². The number of halogens is 4. The number of anilines is 1. The molecule has 2 aromatic heterocycles. The minimum absolute atomic E-state index is 0.295. The normalized spacial score (nSPS) is 10.9. The lowest BCUT2D eigenvalue weighted by Gasteiger charge is -2.14. The van der Waals surface area contributed by atoms with Crippen molar-refractivity contribution < 1.29 is 32.6 Å². The van der Waals surface area contributed by atoms with E-state index in [4.69, 9.17) is 32.0 Å². The van der Waals surface area contributed by atoms with Crippen LogP contribution in [0.25, 0.3) is 11.3 Å². The van der Waals surface area contributed by atoms with Gasteiger partial charge in [-0.15, -0.1) is 0 Å². The first-order chi connectivity index (χ1) is 15.8. The smallest absolute Gasteiger partial charge is 0.490 e. The summed E-state index contributed by atoms with van der Waals surface area (Å²) in [5.41, 5.74) is 8.78. The Bertz CT molecular complexity index is 1140. The second kappa shape index (κ2) is 11.0. The molecule has 4 N–H and O–H groups in total. The van der Waals surface area contributed by atoms with Gasteiger partial charge in [-0.05, 0) is 31.2 Å². The number of aliphatic carboxylic acids is 1. The van der Waals surface area contributed by atoms with E-state index in [0.29, 0.717) is 46.6 Å². The molecule has 0 bridgehead atoms. The van der Waals surface area contributed by atoms with Crippen LogP contribution in [0.15, 0.2) is 30.5 Å². The fraction of sp³-hybridized carbons (Fsp3) is 0.300. The molecule has 0 spiro atoms. The highest BCUT2D eigenvalue weighted by atomic mass is 35.5. The van der Waals surface area contributed by atoms with Gasteiger partial charge in [-0.1, -0.05) is 11.6 Å².